The van der Waals surface area contributed by atoms with Crippen LogP contribution in [0.15, 0.2) is 78.9 Å². The number of benzene rings is 4. The van der Waals surface area contributed by atoms with E-state index in [2.05, 4.69) is 22.9 Å². The molecule has 2 spiro atoms. The van der Waals surface area contributed by atoms with Gasteiger partial charge in [-0.15, -0.1) is 11.3 Å². The summed E-state index contributed by atoms with van der Waals surface area (Å²) in [6.07, 6.45) is 17.2. The highest BCUT2D eigenvalue weighted by Crippen LogP contribution is 2.47. The third-order valence-corrected chi connectivity index (χ3v) is 16.7. The van der Waals surface area contributed by atoms with Crippen LogP contribution < -0.4 is 25.6 Å². The average molecular weight is 1130 g/mol. The zero-order valence-corrected chi connectivity index (χ0v) is 48.3. The van der Waals surface area contributed by atoms with Gasteiger partial charge in [0.25, 0.3) is 5.91 Å². The van der Waals surface area contributed by atoms with Gasteiger partial charge >= 0.3 is 6.03 Å². The zero-order chi connectivity index (χ0) is 58.4. The Hall–Kier alpha value is -6.60. The van der Waals surface area contributed by atoms with Gasteiger partial charge in [0.15, 0.2) is 24.1 Å². The van der Waals surface area contributed by atoms with Crippen molar-refractivity contribution in [2.24, 2.45) is 0 Å². The van der Waals surface area contributed by atoms with Crippen molar-refractivity contribution in [1.82, 2.24) is 15.3 Å². The molecule has 2 aliphatic heterocycles. The maximum Gasteiger partial charge on any atom is 0.321 e. The number of hydrogen-bond donors (Lipinski definition) is 5. The van der Waals surface area contributed by atoms with Crippen LogP contribution in [-0.4, -0.2) is 122 Å². The molecule has 5 N–H and O–H groups in total. The lowest BCUT2D eigenvalue weighted by molar-refractivity contribution is -0.145. The molecule has 2 saturated carbocycles. The van der Waals surface area contributed by atoms with E-state index in [4.69, 9.17) is 14.9 Å². The molecule has 0 radical (unpaired) electrons. The van der Waals surface area contributed by atoms with Gasteiger partial charge in [0.05, 0.1) is 10.6 Å². The van der Waals surface area contributed by atoms with Crippen LogP contribution in [-0.2, 0) is 25.6 Å². The molecule has 4 aliphatic rings. The Morgan fingerprint density at radius 2 is 1.49 bits per heavy atom. The first-order valence-electron chi connectivity index (χ1n) is 28.0. The summed E-state index contributed by atoms with van der Waals surface area (Å²) >= 11 is 1.05. The zero-order valence-electron chi connectivity index (χ0n) is 47.5. The Balaban J connectivity index is 0.000000274. The lowest BCUT2D eigenvalue weighted by Gasteiger charge is -2.50. The van der Waals surface area contributed by atoms with E-state index in [-0.39, 0.29) is 58.2 Å². The van der Waals surface area contributed by atoms with Crippen molar-refractivity contribution in [3.8, 4) is 16.2 Å². The van der Waals surface area contributed by atoms with Crippen LogP contribution >= 0.6 is 11.3 Å². The van der Waals surface area contributed by atoms with Crippen molar-refractivity contribution in [3.05, 3.63) is 106 Å². The third kappa shape index (κ3) is 15.6. The monoisotopic (exact) mass is 1120 g/mol. The lowest BCUT2D eigenvalue weighted by Crippen LogP contribution is -2.63. The quantitative estimate of drug-likeness (QED) is 0.0439. The molecule has 4 amide bonds. The number of aldehydes is 3. The minimum atomic E-state index is -1.15. The molecular formula is C62H82F2N6O9S. The summed E-state index contributed by atoms with van der Waals surface area (Å²) in [6.45, 7) is 8.93. The molecule has 434 valence electrons. The van der Waals surface area contributed by atoms with Gasteiger partial charge in [-0.25, -0.2) is 9.18 Å². The topological polar surface area (TPSA) is 198 Å². The first-order chi connectivity index (χ1) is 38.8. The van der Waals surface area contributed by atoms with Crippen LogP contribution in [0.25, 0.3) is 21.2 Å². The summed E-state index contributed by atoms with van der Waals surface area (Å²) < 4.78 is 34.2. The minimum Gasteiger partial charge on any atom is -0.481 e. The Kier molecular flexibility index (Phi) is 25.2. The van der Waals surface area contributed by atoms with E-state index in [0.717, 1.165) is 104 Å². The van der Waals surface area contributed by atoms with Crippen LogP contribution in [0, 0.1) is 12.7 Å². The SMILES string of the molecule is CC.CCc1cccc(NC(=O)N2CCC(c3ccc(N(C=O)C(CCC=O)C(=O)N(C)F)c4c(C)cccc34)CC2)c1.CO.CO.O=CCOc1c(C=O)sc(-c2cccc(NC3CC4(CCCC4)NC4(CCCC4)C3)c2)c1F. The van der Waals surface area contributed by atoms with Gasteiger partial charge in [-0.2, -0.15) is 5.12 Å². The Bertz CT molecular complexity index is 2800. The van der Waals surface area contributed by atoms with Gasteiger partial charge in [-0.05, 0) is 135 Å². The Morgan fingerprint density at radius 1 is 0.863 bits per heavy atom. The fourth-order valence-corrected chi connectivity index (χ4v) is 13.1. The maximum absolute atomic E-state index is 15.1. The molecule has 5 aromatic rings. The highest BCUT2D eigenvalue weighted by Gasteiger charge is 2.49. The van der Waals surface area contributed by atoms with Crippen molar-refractivity contribution in [2.45, 2.75) is 153 Å². The first kappa shape index (κ1) is 64.2. The second-order valence-electron chi connectivity index (χ2n) is 20.5. The second-order valence-corrected chi connectivity index (χ2v) is 21.5. The number of piperidine rings is 2. The predicted molar refractivity (Wildman–Crippen MR) is 315 cm³/mol. The number of ether oxygens (including phenoxy) is 1. The molecule has 0 bridgehead atoms. The molecule has 1 aromatic heterocycles. The number of aliphatic hydroxyl groups excluding tert-OH is 2. The van der Waals surface area contributed by atoms with E-state index in [9.17, 15) is 33.2 Å². The van der Waals surface area contributed by atoms with Gasteiger partial charge in [-0.1, -0.05) is 99.5 Å². The number of rotatable bonds is 17. The molecule has 2 saturated heterocycles. The highest BCUT2D eigenvalue weighted by atomic mass is 32.1. The van der Waals surface area contributed by atoms with Gasteiger partial charge in [0.2, 0.25) is 6.41 Å². The molecule has 9 rings (SSSR count). The van der Waals surface area contributed by atoms with Crippen molar-refractivity contribution >= 4 is 76.4 Å². The number of anilines is 3. The summed E-state index contributed by atoms with van der Waals surface area (Å²) in [5.41, 5.74) is 6.63. The molecule has 1 unspecified atom stereocenters. The van der Waals surface area contributed by atoms with Crippen LogP contribution in [0.4, 0.5) is 30.7 Å². The number of carbonyl (C=O) groups excluding carboxylic acids is 6. The number of likely N-dealkylation sites (N-methyl/N-ethyl adjacent to an activating group) is 1. The van der Waals surface area contributed by atoms with Gasteiger partial charge in [0, 0.05) is 74.7 Å². The minimum absolute atomic E-state index is 0.00766. The molecule has 18 heteroatoms. The van der Waals surface area contributed by atoms with E-state index >= 15 is 4.39 Å². The number of nitrogens with one attached hydrogen (secondary N) is 3. The number of urea groups is 1. The lowest BCUT2D eigenvalue weighted by atomic mass is 9.74. The van der Waals surface area contributed by atoms with E-state index < -0.39 is 17.8 Å². The number of halogens is 2. The predicted octanol–water partition coefficient (Wildman–Crippen LogP) is 11.8. The number of thiophene rings is 1. The highest BCUT2D eigenvalue weighted by molar-refractivity contribution is 7.17. The van der Waals surface area contributed by atoms with Crippen molar-refractivity contribution in [1.29, 1.82) is 0 Å². The molecule has 15 nitrogen and oxygen atoms in total. The summed E-state index contributed by atoms with van der Waals surface area (Å²) in [5, 5.41) is 26.6. The number of likely N-dealkylation sites (tertiary alicyclic amines) is 1. The van der Waals surface area contributed by atoms with Crippen molar-refractivity contribution in [3.63, 3.8) is 0 Å². The van der Waals surface area contributed by atoms with E-state index in [1.165, 1.54) is 56.3 Å². The maximum atomic E-state index is 15.1. The standard InChI is InChI=1S/C32H37FN4O4.C26H31FN2O3S.C2H6.2CH4O/c1-4-23-9-6-10-25(20-23)34-32(41)36-17-15-24(16-18-36)26-13-14-28(30-22(2)8-5-11-27(26)30)37(21-39)29(12-7-19-38)31(40)35(3)33;27-22-23(32-13-12-30)21(17-31)33-24(22)18-6-5-7-19(14-18)28-20-15-25(8-1-2-9-25)29-26(16-20)10-3-4-11-26;3*1-2/h5-6,8-11,13-14,19-21,24,29H,4,7,12,15-18H2,1-3H3,(H,34,41);5-7,12,14,17,20,28-29H,1-4,8-11,13,15-16H2;1-2H3;2*2H,1H3. The van der Waals surface area contributed by atoms with Crippen molar-refractivity contribution < 1.29 is 52.6 Å². The molecule has 3 heterocycles. The van der Waals surface area contributed by atoms with Crippen LogP contribution in [0.2, 0.25) is 0 Å². The Morgan fingerprint density at radius 3 is 2.08 bits per heavy atom. The molecular weight excluding hydrogens is 1040 g/mol. The summed E-state index contributed by atoms with van der Waals surface area (Å²) in [5.74, 6) is -1.43. The van der Waals surface area contributed by atoms with Crippen LogP contribution in [0.1, 0.15) is 143 Å². The van der Waals surface area contributed by atoms with E-state index in [1.54, 1.807) is 6.07 Å². The normalized spacial score (nSPS) is 17.1. The van der Waals surface area contributed by atoms with E-state index in [1.807, 2.05) is 98.5 Å². The molecule has 4 aromatic carbocycles. The van der Waals surface area contributed by atoms with Crippen LogP contribution in [0.5, 0.6) is 5.75 Å². The van der Waals surface area contributed by atoms with Crippen molar-refractivity contribution in [2.75, 3.05) is 56.5 Å². The molecule has 1 atom stereocenters. The number of fused-ring (bicyclic) bond motifs is 1. The largest absolute Gasteiger partial charge is 0.481 e. The number of aryl methyl sites for hydroxylation is 2. The summed E-state index contributed by atoms with van der Waals surface area (Å²) in [4.78, 5) is 74.7. The number of amides is 4. The first-order valence-corrected chi connectivity index (χ1v) is 28.8. The van der Waals surface area contributed by atoms with Gasteiger partial charge in [0.1, 0.15) is 23.8 Å². The number of carbonyl (C=O) groups is 6. The fourth-order valence-electron chi connectivity index (χ4n) is 12.2. The molecule has 4 fully saturated rings. The number of aliphatic hydroxyl groups is 2. The Labute approximate surface area is 474 Å². The van der Waals surface area contributed by atoms with Crippen LogP contribution in [0.3, 0.4) is 0 Å². The summed E-state index contributed by atoms with van der Waals surface area (Å²) in [7, 11) is 2.99. The second kappa shape index (κ2) is 31.4. The molecule has 2 aliphatic carbocycles. The number of hydrogen-bond acceptors (Lipinski definition) is 12. The average Bonchev–Trinajstić information content (AvgIpc) is 4.24. The smallest absolute Gasteiger partial charge is 0.321 e. The molecule has 80 heavy (non-hydrogen) atoms. The third-order valence-electron chi connectivity index (χ3n) is 15.6. The summed E-state index contributed by atoms with van der Waals surface area (Å²) in [6, 6.07) is 24.4. The van der Waals surface area contributed by atoms with Gasteiger partial charge < -0.3 is 45.5 Å². The fraction of sp³-hybridized carbons (Fsp3) is 0.484. The number of nitrogens with zero attached hydrogens (tertiary/aromatic N) is 3. The van der Waals surface area contributed by atoms with Gasteiger partial charge in [-0.3, -0.25) is 19.2 Å². The van der Waals surface area contributed by atoms with E-state index in [0.29, 0.717) is 60.5 Å².